The second-order valence-corrected chi connectivity index (χ2v) is 8.09. The van der Waals surface area contributed by atoms with Gasteiger partial charge in [-0.2, -0.15) is 0 Å². The van der Waals surface area contributed by atoms with Crippen LogP contribution in [0.25, 0.3) is 0 Å². The SMILES string of the molecule is O=C1C=C(C2CC(c3ccccc3)CCN2c2ccccc2)C(=O)N1c1ccccc1. The lowest BCUT2D eigenvalue weighted by atomic mass is 9.82. The summed E-state index contributed by atoms with van der Waals surface area (Å²) in [4.78, 5) is 29.9. The topological polar surface area (TPSA) is 40.6 Å². The summed E-state index contributed by atoms with van der Waals surface area (Å²) in [5.74, 6) is -0.127. The smallest absolute Gasteiger partial charge is 0.263 e. The van der Waals surface area contributed by atoms with Gasteiger partial charge in [0.2, 0.25) is 0 Å². The van der Waals surface area contributed by atoms with Crippen molar-refractivity contribution < 1.29 is 9.59 Å². The largest absolute Gasteiger partial charge is 0.364 e. The average Bonchev–Trinajstić information content (AvgIpc) is 3.14. The Kier molecular flexibility index (Phi) is 5.13. The third-order valence-corrected chi connectivity index (χ3v) is 6.28. The van der Waals surface area contributed by atoms with Crippen molar-refractivity contribution in [3.8, 4) is 0 Å². The maximum Gasteiger partial charge on any atom is 0.263 e. The highest BCUT2D eigenvalue weighted by atomic mass is 16.2. The number of piperidine rings is 1. The standard InChI is InChI=1S/C27H24N2O2/c30-26-19-24(27(31)29(26)23-14-8-3-9-15-23)25-18-21(20-10-4-1-5-11-20)16-17-28(25)22-12-6-2-7-13-22/h1-15,19,21,25H,16-18H2. The third-order valence-electron chi connectivity index (χ3n) is 6.28. The summed E-state index contributed by atoms with van der Waals surface area (Å²) < 4.78 is 0. The first kappa shape index (κ1) is 19.3. The van der Waals surface area contributed by atoms with E-state index in [1.807, 2.05) is 42.5 Å². The lowest BCUT2D eigenvalue weighted by Gasteiger charge is -2.41. The van der Waals surface area contributed by atoms with Gasteiger partial charge in [-0.3, -0.25) is 9.59 Å². The van der Waals surface area contributed by atoms with E-state index in [0.29, 0.717) is 17.2 Å². The molecule has 4 heteroatoms. The molecule has 1 fully saturated rings. The molecule has 2 aliphatic rings. The summed E-state index contributed by atoms with van der Waals surface area (Å²) in [5.41, 5.74) is 3.57. The fourth-order valence-electron chi connectivity index (χ4n) is 4.77. The zero-order valence-electron chi connectivity index (χ0n) is 17.2. The van der Waals surface area contributed by atoms with Crippen LogP contribution in [0.15, 0.2) is 103 Å². The van der Waals surface area contributed by atoms with Crippen LogP contribution in [0.5, 0.6) is 0 Å². The van der Waals surface area contributed by atoms with Crippen LogP contribution in [0.3, 0.4) is 0 Å². The molecule has 3 aromatic rings. The fraction of sp³-hybridized carbons (Fsp3) is 0.185. The van der Waals surface area contributed by atoms with Crippen molar-refractivity contribution >= 4 is 23.2 Å². The summed E-state index contributed by atoms with van der Waals surface area (Å²) in [6, 6.07) is 29.7. The van der Waals surface area contributed by atoms with Crippen LogP contribution in [0.1, 0.15) is 24.3 Å². The van der Waals surface area contributed by atoms with Gasteiger partial charge in [0.25, 0.3) is 11.8 Å². The van der Waals surface area contributed by atoms with Crippen molar-refractivity contribution in [3.63, 3.8) is 0 Å². The molecule has 1 saturated heterocycles. The lowest BCUT2D eigenvalue weighted by Crippen LogP contribution is -2.45. The highest BCUT2D eigenvalue weighted by Gasteiger charge is 2.41. The molecule has 0 aromatic heterocycles. The molecule has 0 bridgehead atoms. The van der Waals surface area contributed by atoms with Crippen LogP contribution in [-0.2, 0) is 9.59 Å². The summed E-state index contributed by atoms with van der Waals surface area (Å²) in [5, 5.41) is 0. The molecule has 2 unspecified atom stereocenters. The first-order valence-electron chi connectivity index (χ1n) is 10.7. The monoisotopic (exact) mass is 408 g/mol. The molecular weight excluding hydrogens is 384 g/mol. The van der Waals surface area contributed by atoms with Gasteiger partial charge in [0.15, 0.2) is 0 Å². The van der Waals surface area contributed by atoms with Gasteiger partial charge < -0.3 is 4.90 Å². The molecule has 0 spiro atoms. The number of hydrogen-bond acceptors (Lipinski definition) is 3. The van der Waals surface area contributed by atoms with Crippen LogP contribution in [0, 0.1) is 0 Å². The number of imide groups is 1. The van der Waals surface area contributed by atoms with E-state index in [-0.39, 0.29) is 17.9 Å². The van der Waals surface area contributed by atoms with Crippen molar-refractivity contribution in [3.05, 3.63) is 108 Å². The maximum atomic E-state index is 13.4. The van der Waals surface area contributed by atoms with Crippen molar-refractivity contribution in [2.45, 2.75) is 24.8 Å². The Morgan fingerprint density at radius 2 is 1.29 bits per heavy atom. The maximum absolute atomic E-state index is 13.4. The van der Waals surface area contributed by atoms with Crippen LogP contribution >= 0.6 is 0 Å². The molecule has 0 saturated carbocycles. The van der Waals surface area contributed by atoms with Gasteiger partial charge in [0.05, 0.1) is 11.7 Å². The number of rotatable bonds is 4. The van der Waals surface area contributed by atoms with E-state index in [0.717, 1.165) is 25.1 Å². The molecule has 0 radical (unpaired) electrons. The Morgan fingerprint density at radius 3 is 1.94 bits per heavy atom. The number of amides is 2. The van der Waals surface area contributed by atoms with E-state index in [1.54, 1.807) is 18.2 Å². The van der Waals surface area contributed by atoms with E-state index in [1.165, 1.54) is 10.5 Å². The van der Waals surface area contributed by atoms with Crippen LogP contribution < -0.4 is 9.80 Å². The number of benzene rings is 3. The minimum absolute atomic E-state index is 0.147. The van der Waals surface area contributed by atoms with Gasteiger partial charge in [-0.05, 0) is 48.6 Å². The molecule has 0 N–H and O–H groups in total. The molecule has 4 nitrogen and oxygen atoms in total. The lowest BCUT2D eigenvalue weighted by molar-refractivity contribution is -0.120. The molecule has 2 aliphatic heterocycles. The Bertz CT molecular complexity index is 1110. The van der Waals surface area contributed by atoms with E-state index in [4.69, 9.17) is 0 Å². The molecule has 2 amide bonds. The second kappa shape index (κ2) is 8.23. The number of anilines is 2. The predicted octanol–water partition coefficient (Wildman–Crippen LogP) is 4.94. The zero-order valence-corrected chi connectivity index (χ0v) is 17.2. The quantitative estimate of drug-likeness (QED) is 0.574. The number of para-hydroxylation sites is 2. The molecule has 3 aromatic carbocycles. The number of carbonyl (C=O) groups excluding carboxylic acids is 2. The number of nitrogens with zero attached hydrogens (tertiary/aromatic N) is 2. The van der Waals surface area contributed by atoms with Crippen molar-refractivity contribution in [1.29, 1.82) is 0 Å². The van der Waals surface area contributed by atoms with Gasteiger partial charge in [0, 0.05) is 23.9 Å². The normalized spacial score (nSPS) is 21.4. The van der Waals surface area contributed by atoms with Crippen LogP contribution in [0.4, 0.5) is 11.4 Å². The number of carbonyl (C=O) groups is 2. The Labute approximate surface area is 182 Å². The van der Waals surface area contributed by atoms with Gasteiger partial charge in [-0.25, -0.2) is 4.90 Å². The summed E-state index contributed by atoms with van der Waals surface area (Å²) >= 11 is 0. The minimum atomic E-state index is -0.263. The van der Waals surface area contributed by atoms with Crippen molar-refractivity contribution in [1.82, 2.24) is 0 Å². The highest BCUT2D eigenvalue weighted by Crippen LogP contribution is 2.39. The third kappa shape index (κ3) is 3.66. The minimum Gasteiger partial charge on any atom is -0.364 e. The van der Waals surface area contributed by atoms with Gasteiger partial charge in [0.1, 0.15) is 0 Å². The second-order valence-electron chi connectivity index (χ2n) is 8.09. The van der Waals surface area contributed by atoms with Gasteiger partial charge >= 0.3 is 0 Å². The Balaban J connectivity index is 1.50. The summed E-state index contributed by atoms with van der Waals surface area (Å²) in [6.45, 7) is 0.832. The molecular formula is C27H24N2O2. The molecule has 5 rings (SSSR count). The van der Waals surface area contributed by atoms with Gasteiger partial charge in [-0.1, -0.05) is 66.7 Å². The summed E-state index contributed by atoms with van der Waals surface area (Å²) in [6.07, 6.45) is 3.35. The van der Waals surface area contributed by atoms with E-state index in [9.17, 15) is 9.59 Å². The van der Waals surface area contributed by atoms with Crippen molar-refractivity contribution in [2.24, 2.45) is 0 Å². The van der Waals surface area contributed by atoms with E-state index in [2.05, 4.69) is 41.3 Å². The van der Waals surface area contributed by atoms with Crippen LogP contribution in [-0.4, -0.2) is 24.4 Å². The molecule has 154 valence electrons. The van der Waals surface area contributed by atoms with E-state index >= 15 is 0 Å². The highest BCUT2D eigenvalue weighted by molar-refractivity contribution is 6.31. The first-order chi connectivity index (χ1) is 15.2. The van der Waals surface area contributed by atoms with Crippen LogP contribution in [0.2, 0.25) is 0 Å². The average molecular weight is 409 g/mol. The zero-order chi connectivity index (χ0) is 21.2. The summed E-state index contributed by atoms with van der Waals surface area (Å²) in [7, 11) is 0. The predicted molar refractivity (Wildman–Crippen MR) is 123 cm³/mol. The molecule has 31 heavy (non-hydrogen) atoms. The first-order valence-corrected chi connectivity index (χ1v) is 10.7. The van der Waals surface area contributed by atoms with Gasteiger partial charge in [-0.15, -0.1) is 0 Å². The molecule has 0 aliphatic carbocycles. The van der Waals surface area contributed by atoms with E-state index < -0.39 is 0 Å². The fourth-order valence-corrected chi connectivity index (χ4v) is 4.77. The molecule has 2 atom stereocenters. The number of hydrogen-bond donors (Lipinski definition) is 0. The Hall–Kier alpha value is -3.66. The van der Waals surface area contributed by atoms with Crippen molar-refractivity contribution in [2.75, 3.05) is 16.3 Å². The molecule has 2 heterocycles. The Morgan fingerprint density at radius 1 is 0.710 bits per heavy atom.